The zero-order valence-electron chi connectivity index (χ0n) is 11.1. The molecule has 0 spiro atoms. The van der Waals surface area contributed by atoms with Gasteiger partial charge in [0.2, 0.25) is 5.91 Å². The predicted octanol–water partition coefficient (Wildman–Crippen LogP) is 1.26. The molecule has 1 fully saturated rings. The molecule has 6 nitrogen and oxygen atoms in total. The number of hydrogen-bond acceptors (Lipinski definition) is 6. The number of amides is 1. The molecule has 0 saturated carbocycles. The number of benzene rings is 1. The summed E-state index contributed by atoms with van der Waals surface area (Å²) >= 11 is 6.16. The van der Waals surface area contributed by atoms with Gasteiger partial charge in [-0.05, 0) is 18.1 Å². The van der Waals surface area contributed by atoms with E-state index in [2.05, 4.69) is 0 Å². The van der Waals surface area contributed by atoms with E-state index in [9.17, 15) is 14.7 Å². The van der Waals surface area contributed by atoms with Crippen LogP contribution in [-0.4, -0.2) is 50.2 Å². The molecule has 2 rings (SSSR count). The molecule has 1 saturated heterocycles. The molecule has 2 N–H and O–H groups in total. The summed E-state index contributed by atoms with van der Waals surface area (Å²) in [7, 11) is 1.44. The fourth-order valence-corrected chi connectivity index (χ4v) is 3.52. The Kier molecular flexibility index (Phi) is 4.69. The molecular weight excluding hydrogens is 314 g/mol. The summed E-state index contributed by atoms with van der Waals surface area (Å²) in [5, 5.41) is 18.3. The summed E-state index contributed by atoms with van der Waals surface area (Å²) in [6.07, 6.45) is 0.253. The Morgan fingerprint density at radius 3 is 2.86 bits per heavy atom. The molecule has 0 aromatic heterocycles. The van der Waals surface area contributed by atoms with E-state index in [1.54, 1.807) is 18.2 Å². The molecule has 1 aromatic carbocycles. The summed E-state index contributed by atoms with van der Waals surface area (Å²) < 4.78 is 5.26. The van der Waals surface area contributed by atoms with Crippen LogP contribution < -0.4 is 4.74 Å². The van der Waals surface area contributed by atoms with Crippen molar-refractivity contribution in [2.75, 3.05) is 13.7 Å². The molecule has 21 heavy (non-hydrogen) atoms. The molecule has 1 aliphatic rings. The minimum Gasteiger partial charge on any atom is -0.504 e. The molecule has 1 aliphatic heterocycles. The monoisotopic (exact) mass is 327 g/mol. The second-order valence-corrected chi connectivity index (χ2v) is 6.20. The Bertz CT molecular complexity index is 604. The molecule has 1 amide bonds. The molecule has 1 atom stereocenters. The zero-order chi connectivity index (χ0) is 15.6. The van der Waals surface area contributed by atoms with Crippen LogP contribution in [-0.2, 0) is 16.0 Å². The zero-order valence-corrected chi connectivity index (χ0v) is 12.7. The van der Waals surface area contributed by atoms with Crippen LogP contribution in [0.3, 0.4) is 0 Å². The highest BCUT2D eigenvalue weighted by atomic mass is 32.2. The SMILES string of the molecule is COc1cccc(CC2SC(=S)N(CC(=O)O)C2=O)c1O. The van der Waals surface area contributed by atoms with E-state index in [1.165, 1.54) is 7.11 Å². The van der Waals surface area contributed by atoms with Crippen molar-refractivity contribution in [3.05, 3.63) is 23.8 Å². The lowest BCUT2D eigenvalue weighted by molar-refractivity contribution is -0.141. The number of thioether (sulfide) groups is 1. The van der Waals surface area contributed by atoms with Crippen LogP contribution in [0.4, 0.5) is 0 Å². The number of phenols is 1. The Labute approximate surface area is 130 Å². The Morgan fingerprint density at radius 2 is 2.24 bits per heavy atom. The number of aromatic hydroxyl groups is 1. The number of carbonyl (C=O) groups excluding carboxylic acids is 1. The van der Waals surface area contributed by atoms with Gasteiger partial charge in [0, 0.05) is 0 Å². The maximum Gasteiger partial charge on any atom is 0.323 e. The van der Waals surface area contributed by atoms with Crippen molar-refractivity contribution in [1.82, 2.24) is 4.90 Å². The van der Waals surface area contributed by atoms with Crippen LogP contribution in [0.2, 0.25) is 0 Å². The highest BCUT2D eigenvalue weighted by molar-refractivity contribution is 8.24. The van der Waals surface area contributed by atoms with Gasteiger partial charge in [0.15, 0.2) is 11.5 Å². The van der Waals surface area contributed by atoms with Gasteiger partial charge in [0.1, 0.15) is 10.9 Å². The number of methoxy groups -OCH3 is 1. The Balaban J connectivity index is 2.16. The number of aliphatic carboxylic acids is 1. The average Bonchev–Trinajstić information content (AvgIpc) is 2.68. The maximum absolute atomic E-state index is 12.2. The lowest BCUT2D eigenvalue weighted by Crippen LogP contribution is -2.36. The normalized spacial score (nSPS) is 18.1. The predicted molar refractivity (Wildman–Crippen MR) is 81.7 cm³/mol. The van der Waals surface area contributed by atoms with Gasteiger partial charge in [-0.2, -0.15) is 0 Å². The van der Waals surface area contributed by atoms with Gasteiger partial charge in [-0.1, -0.05) is 36.1 Å². The quantitative estimate of drug-likeness (QED) is 0.787. The third-order valence-electron chi connectivity index (χ3n) is 3.01. The van der Waals surface area contributed by atoms with E-state index in [4.69, 9.17) is 22.1 Å². The van der Waals surface area contributed by atoms with Crippen LogP contribution in [0.25, 0.3) is 0 Å². The molecular formula is C13H13NO5S2. The van der Waals surface area contributed by atoms with Crippen LogP contribution in [0.5, 0.6) is 11.5 Å². The maximum atomic E-state index is 12.2. The van der Waals surface area contributed by atoms with E-state index < -0.39 is 17.8 Å². The molecule has 0 radical (unpaired) electrons. The lowest BCUT2D eigenvalue weighted by atomic mass is 10.1. The van der Waals surface area contributed by atoms with Crippen molar-refractivity contribution in [2.24, 2.45) is 0 Å². The minimum atomic E-state index is -1.11. The Morgan fingerprint density at radius 1 is 1.52 bits per heavy atom. The standard InChI is InChI=1S/C13H13NO5S2/c1-19-8-4-2-3-7(11(8)17)5-9-12(18)14(6-10(15)16)13(20)21-9/h2-4,9,17H,5-6H2,1H3,(H,15,16). The summed E-state index contributed by atoms with van der Waals surface area (Å²) in [4.78, 5) is 24.0. The van der Waals surface area contributed by atoms with Gasteiger partial charge in [-0.15, -0.1) is 0 Å². The highest BCUT2D eigenvalue weighted by Crippen LogP contribution is 2.35. The topological polar surface area (TPSA) is 87.1 Å². The molecule has 0 bridgehead atoms. The van der Waals surface area contributed by atoms with Gasteiger partial charge in [-0.25, -0.2) is 0 Å². The first-order valence-corrected chi connectivity index (χ1v) is 7.31. The third-order valence-corrected chi connectivity index (χ3v) is 4.59. The van der Waals surface area contributed by atoms with E-state index in [0.29, 0.717) is 11.3 Å². The molecule has 1 unspecified atom stereocenters. The molecule has 112 valence electrons. The number of para-hydroxylation sites is 1. The molecule has 8 heteroatoms. The summed E-state index contributed by atoms with van der Waals surface area (Å²) in [5.74, 6) is -1.16. The van der Waals surface area contributed by atoms with Gasteiger partial charge < -0.3 is 14.9 Å². The van der Waals surface area contributed by atoms with E-state index >= 15 is 0 Å². The number of carboxylic acid groups (broad SMARTS) is 1. The first-order valence-electron chi connectivity index (χ1n) is 6.02. The van der Waals surface area contributed by atoms with Crippen molar-refractivity contribution in [1.29, 1.82) is 0 Å². The fraction of sp³-hybridized carbons (Fsp3) is 0.308. The third kappa shape index (κ3) is 3.27. The van der Waals surface area contributed by atoms with Crippen LogP contribution in [0.15, 0.2) is 18.2 Å². The number of hydrogen-bond donors (Lipinski definition) is 2. The number of ether oxygens (including phenoxy) is 1. The fourth-order valence-electron chi connectivity index (χ4n) is 2.00. The van der Waals surface area contributed by atoms with Crippen molar-refractivity contribution in [3.8, 4) is 11.5 Å². The van der Waals surface area contributed by atoms with Gasteiger partial charge in [-0.3, -0.25) is 14.5 Å². The van der Waals surface area contributed by atoms with E-state index in [-0.39, 0.29) is 22.4 Å². The second kappa shape index (κ2) is 6.31. The van der Waals surface area contributed by atoms with E-state index in [1.807, 2.05) is 0 Å². The van der Waals surface area contributed by atoms with Gasteiger partial charge >= 0.3 is 5.97 Å². The van der Waals surface area contributed by atoms with Crippen molar-refractivity contribution in [3.63, 3.8) is 0 Å². The smallest absolute Gasteiger partial charge is 0.323 e. The number of thiocarbonyl (C=S) groups is 1. The first kappa shape index (κ1) is 15.6. The number of carbonyl (C=O) groups is 2. The molecule has 1 aromatic rings. The van der Waals surface area contributed by atoms with Gasteiger partial charge in [0.05, 0.1) is 12.4 Å². The average molecular weight is 327 g/mol. The molecule has 1 heterocycles. The summed E-state index contributed by atoms with van der Waals surface area (Å²) in [6, 6.07) is 5.02. The van der Waals surface area contributed by atoms with Gasteiger partial charge in [0.25, 0.3) is 0 Å². The number of nitrogens with zero attached hydrogens (tertiary/aromatic N) is 1. The number of carboxylic acids is 1. The van der Waals surface area contributed by atoms with Crippen molar-refractivity contribution >= 4 is 40.2 Å². The van der Waals surface area contributed by atoms with Crippen LogP contribution in [0, 0.1) is 0 Å². The first-order chi connectivity index (χ1) is 9.93. The Hall–Kier alpha value is -1.80. The number of phenolic OH excluding ortho intramolecular Hbond substituents is 1. The van der Waals surface area contributed by atoms with Crippen LogP contribution >= 0.6 is 24.0 Å². The largest absolute Gasteiger partial charge is 0.504 e. The minimum absolute atomic E-state index is 0.0176. The summed E-state index contributed by atoms with van der Waals surface area (Å²) in [6.45, 7) is -0.439. The lowest BCUT2D eigenvalue weighted by Gasteiger charge is -2.13. The highest BCUT2D eigenvalue weighted by Gasteiger charge is 2.38. The van der Waals surface area contributed by atoms with Crippen molar-refractivity contribution < 1.29 is 24.5 Å². The van der Waals surface area contributed by atoms with Crippen LogP contribution in [0.1, 0.15) is 5.56 Å². The summed E-state index contributed by atoms with van der Waals surface area (Å²) in [5.41, 5.74) is 0.556. The molecule has 0 aliphatic carbocycles. The second-order valence-electron chi connectivity index (χ2n) is 4.36. The number of rotatable bonds is 5. The van der Waals surface area contributed by atoms with Crippen molar-refractivity contribution in [2.45, 2.75) is 11.7 Å². The van der Waals surface area contributed by atoms with E-state index in [0.717, 1.165) is 16.7 Å².